The van der Waals surface area contributed by atoms with E-state index in [2.05, 4.69) is 54.0 Å². The van der Waals surface area contributed by atoms with Crippen LogP contribution >= 0.6 is 0 Å². The molecular weight excluding hydrogens is 484 g/mol. The summed E-state index contributed by atoms with van der Waals surface area (Å²) in [5, 5.41) is 21.3. The minimum atomic E-state index is -1.16. The van der Waals surface area contributed by atoms with Gasteiger partial charge in [0.2, 0.25) is 0 Å². The fourth-order valence-electron chi connectivity index (χ4n) is 7.33. The number of nitrogens with zero attached hydrogens (tertiary/aromatic N) is 2. The molecule has 198 valence electrons. The largest absolute Gasteiger partial charge is 0.378 e. The smallest absolute Gasteiger partial charge is 0.156 e. The Balaban J connectivity index is 1.44. The molecule has 2 aromatic rings. The number of carbonyl (C=O) groups excluding carboxylic acids is 1. The van der Waals surface area contributed by atoms with Gasteiger partial charge in [-0.15, -0.1) is 0 Å². The molecule has 3 aliphatic carbocycles. The molecule has 1 N–H and O–H groups in total. The SMILES string of the molecule is CN(C)c1ccc(C2CC3(C)C(CCC3(O)C#Cc3ccc(C#N)cc3)C3OCC4=CC(=O)CCC4=C23)cc1. The molecule has 1 heterocycles. The highest BCUT2D eigenvalue weighted by molar-refractivity contribution is 5.93. The molecule has 2 saturated carbocycles. The molecule has 39 heavy (non-hydrogen) atoms. The summed E-state index contributed by atoms with van der Waals surface area (Å²) in [6, 6.07) is 18.1. The van der Waals surface area contributed by atoms with Crippen LogP contribution in [-0.2, 0) is 9.53 Å². The molecule has 0 radical (unpaired) electrons. The molecule has 1 aliphatic heterocycles. The van der Waals surface area contributed by atoms with Gasteiger partial charge in [-0.05, 0) is 96.4 Å². The Hall–Kier alpha value is -3.64. The van der Waals surface area contributed by atoms with Crippen LogP contribution in [0.25, 0.3) is 0 Å². The van der Waals surface area contributed by atoms with Crippen LogP contribution in [-0.4, -0.2) is 43.3 Å². The number of rotatable bonds is 2. The second kappa shape index (κ2) is 9.53. The zero-order valence-corrected chi connectivity index (χ0v) is 22.8. The number of benzene rings is 2. The lowest BCUT2D eigenvalue weighted by molar-refractivity contribution is -0.115. The zero-order valence-electron chi connectivity index (χ0n) is 22.8. The van der Waals surface area contributed by atoms with Crippen LogP contribution in [0.2, 0.25) is 0 Å². The van der Waals surface area contributed by atoms with E-state index in [1.807, 2.05) is 26.2 Å². The second-order valence-electron chi connectivity index (χ2n) is 11.9. The minimum absolute atomic E-state index is 0.0701. The Morgan fingerprint density at radius 2 is 1.77 bits per heavy atom. The van der Waals surface area contributed by atoms with E-state index in [4.69, 9.17) is 10.00 Å². The first kappa shape index (κ1) is 25.6. The predicted octanol–water partition coefficient (Wildman–Crippen LogP) is 5.30. The van der Waals surface area contributed by atoms with Crippen LogP contribution in [0.5, 0.6) is 0 Å². The van der Waals surface area contributed by atoms with Gasteiger partial charge in [-0.1, -0.05) is 30.9 Å². The maximum atomic E-state index is 12.3. The number of ether oxygens (including phenoxy) is 1. The number of allylic oxidation sites excluding steroid dienone is 1. The molecule has 5 nitrogen and oxygen atoms in total. The summed E-state index contributed by atoms with van der Waals surface area (Å²) in [6.07, 6.45) is 5.18. The Morgan fingerprint density at radius 3 is 2.46 bits per heavy atom. The molecule has 0 spiro atoms. The molecule has 5 heteroatoms. The van der Waals surface area contributed by atoms with Crippen molar-refractivity contribution < 1.29 is 14.6 Å². The summed E-state index contributed by atoms with van der Waals surface area (Å²) in [5.74, 6) is 6.90. The number of anilines is 1. The standard InChI is InChI=1S/C34H34N2O3/c1-33-19-29(24-8-10-26(11-9-24)36(2)3)31-28-13-12-27(37)18-25(28)21-39-32(31)30(33)15-17-34(33,38)16-14-22-4-6-23(20-35)7-5-22/h4-11,18,29-30,32,38H,12-13,15,17,19,21H2,1-3H3. The van der Waals surface area contributed by atoms with Crippen LogP contribution in [0.3, 0.4) is 0 Å². The van der Waals surface area contributed by atoms with Crippen LogP contribution in [0.1, 0.15) is 61.6 Å². The lowest BCUT2D eigenvalue weighted by Crippen LogP contribution is -2.53. The van der Waals surface area contributed by atoms with E-state index in [-0.39, 0.29) is 23.7 Å². The summed E-state index contributed by atoms with van der Waals surface area (Å²) in [5.41, 5.74) is 5.74. The van der Waals surface area contributed by atoms with E-state index < -0.39 is 11.0 Å². The van der Waals surface area contributed by atoms with Gasteiger partial charge in [-0.25, -0.2) is 0 Å². The first-order valence-corrected chi connectivity index (χ1v) is 13.8. The van der Waals surface area contributed by atoms with Gasteiger partial charge in [0.1, 0.15) is 5.60 Å². The fourth-order valence-corrected chi connectivity index (χ4v) is 7.33. The van der Waals surface area contributed by atoms with Crippen LogP contribution < -0.4 is 4.90 Å². The Labute approximate surface area is 230 Å². The molecule has 6 rings (SSSR count). The first-order valence-electron chi connectivity index (χ1n) is 13.8. The average Bonchev–Trinajstić information content (AvgIpc) is 3.21. The number of ketones is 1. The van der Waals surface area contributed by atoms with Gasteiger partial charge in [0.25, 0.3) is 0 Å². The van der Waals surface area contributed by atoms with Gasteiger partial charge < -0.3 is 14.7 Å². The van der Waals surface area contributed by atoms with Crippen molar-refractivity contribution in [3.63, 3.8) is 0 Å². The molecule has 4 aliphatic rings. The van der Waals surface area contributed by atoms with Crippen molar-refractivity contribution in [3.05, 3.63) is 88.0 Å². The van der Waals surface area contributed by atoms with Crippen molar-refractivity contribution in [2.75, 3.05) is 25.6 Å². The van der Waals surface area contributed by atoms with Crippen LogP contribution in [0, 0.1) is 34.5 Å². The summed E-state index contributed by atoms with van der Waals surface area (Å²) in [7, 11) is 4.08. The van der Waals surface area contributed by atoms with Crippen molar-refractivity contribution in [1.29, 1.82) is 5.26 Å². The molecular formula is C34H34N2O3. The minimum Gasteiger partial charge on any atom is -0.378 e. The maximum Gasteiger partial charge on any atom is 0.156 e. The van der Waals surface area contributed by atoms with Gasteiger partial charge in [-0.2, -0.15) is 5.26 Å². The normalized spacial score (nSPS) is 31.2. The van der Waals surface area contributed by atoms with Crippen LogP contribution in [0.15, 0.2) is 71.3 Å². The lowest BCUT2D eigenvalue weighted by Gasteiger charge is -2.53. The highest BCUT2D eigenvalue weighted by Crippen LogP contribution is 2.64. The van der Waals surface area contributed by atoms with E-state index in [0.29, 0.717) is 25.0 Å². The second-order valence-corrected chi connectivity index (χ2v) is 11.9. The molecule has 5 atom stereocenters. The van der Waals surface area contributed by atoms with Gasteiger partial charge in [0.15, 0.2) is 5.78 Å². The average molecular weight is 519 g/mol. The first-order chi connectivity index (χ1) is 18.7. The molecule has 5 unspecified atom stereocenters. The van der Waals surface area contributed by atoms with E-state index in [9.17, 15) is 9.90 Å². The van der Waals surface area contributed by atoms with Crippen molar-refractivity contribution >= 4 is 11.5 Å². The highest BCUT2D eigenvalue weighted by Gasteiger charge is 2.63. The number of aliphatic hydroxyl groups is 1. The summed E-state index contributed by atoms with van der Waals surface area (Å²) < 4.78 is 6.60. The topological polar surface area (TPSA) is 73.6 Å². The highest BCUT2D eigenvalue weighted by atomic mass is 16.5. The third-order valence-corrected chi connectivity index (χ3v) is 9.61. The summed E-state index contributed by atoms with van der Waals surface area (Å²) in [4.78, 5) is 14.3. The Morgan fingerprint density at radius 1 is 1.05 bits per heavy atom. The number of hydrogen-bond donors (Lipinski definition) is 1. The van der Waals surface area contributed by atoms with Gasteiger partial charge in [0.05, 0.1) is 24.3 Å². The van der Waals surface area contributed by atoms with Crippen LogP contribution in [0.4, 0.5) is 5.69 Å². The summed E-state index contributed by atoms with van der Waals surface area (Å²) >= 11 is 0. The van der Waals surface area contributed by atoms with E-state index in [1.54, 1.807) is 18.2 Å². The molecule has 2 aromatic carbocycles. The van der Waals surface area contributed by atoms with Crippen molar-refractivity contribution in [2.24, 2.45) is 11.3 Å². The number of nitriles is 1. The number of carbonyl (C=O) groups is 1. The molecule has 0 saturated heterocycles. The number of hydrogen-bond acceptors (Lipinski definition) is 5. The molecule has 0 amide bonds. The van der Waals surface area contributed by atoms with Gasteiger partial charge in [-0.3, -0.25) is 4.79 Å². The molecule has 0 aromatic heterocycles. The fraction of sp³-hybridized carbons (Fsp3) is 0.412. The molecule has 0 bridgehead atoms. The monoisotopic (exact) mass is 518 g/mol. The third kappa shape index (κ3) is 4.22. The van der Waals surface area contributed by atoms with Crippen molar-refractivity contribution in [1.82, 2.24) is 0 Å². The van der Waals surface area contributed by atoms with E-state index in [0.717, 1.165) is 36.1 Å². The van der Waals surface area contributed by atoms with Gasteiger partial charge >= 0.3 is 0 Å². The molecule has 2 fully saturated rings. The zero-order chi connectivity index (χ0) is 27.4. The quantitative estimate of drug-likeness (QED) is 0.547. The van der Waals surface area contributed by atoms with Crippen molar-refractivity contribution in [2.45, 2.75) is 56.7 Å². The van der Waals surface area contributed by atoms with Crippen molar-refractivity contribution in [3.8, 4) is 17.9 Å². The Bertz CT molecular complexity index is 1480. The van der Waals surface area contributed by atoms with E-state index >= 15 is 0 Å². The Kier molecular flexibility index (Phi) is 6.26. The summed E-state index contributed by atoms with van der Waals surface area (Å²) in [6.45, 7) is 2.64. The number of fused-ring (bicyclic) bond motifs is 4. The predicted molar refractivity (Wildman–Crippen MR) is 151 cm³/mol. The third-order valence-electron chi connectivity index (χ3n) is 9.61. The van der Waals surface area contributed by atoms with Gasteiger partial charge in [0, 0.05) is 43.1 Å². The lowest BCUT2D eigenvalue weighted by atomic mass is 9.55. The van der Waals surface area contributed by atoms with E-state index in [1.165, 1.54) is 16.7 Å². The maximum absolute atomic E-state index is 12.3.